The highest BCUT2D eigenvalue weighted by Gasteiger charge is 2.11. The second-order valence-corrected chi connectivity index (χ2v) is 5.67. The summed E-state index contributed by atoms with van der Waals surface area (Å²) in [5, 5.41) is 10.9. The van der Waals surface area contributed by atoms with Crippen LogP contribution >= 0.6 is 0 Å². The van der Waals surface area contributed by atoms with Gasteiger partial charge in [-0.3, -0.25) is 9.89 Å². The SMILES string of the molecule is C/C(C=NNC(=O)c1cc(-c2cccn2C)n[nH]1)=C\c1ccccc1. The molecule has 2 heterocycles. The Bertz CT molecular complexity index is 918. The number of hydrogen-bond donors (Lipinski definition) is 2. The maximum Gasteiger partial charge on any atom is 0.289 e. The fraction of sp³-hybridized carbons (Fsp3) is 0.105. The molecule has 25 heavy (non-hydrogen) atoms. The van der Waals surface area contributed by atoms with Crippen molar-refractivity contribution >= 4 is 18.2 Å². The quantitative estimate of drug-likeness (QED) is 0.555. The first-order valence-corrected chi connectivity index (χ1v) is 7.87. The summed E-state index contributed by atoms with van der Waals surface area (Å²) in [5.41, 5.74) is 6.51. The molecule has 0 saturated heterocycles. The summed E-state index contributed by atoms with van der Waals surface area (Å²) in [4.78, 5) is 12.1. The van der Waals surface area contributed by atoms with E-state index in [9.17, 15) is 4.79 Å². The number of carbonyl (C=O) groups excluding carboxylic acids is 1. The first kappa shape index (κ1) is 16.4. The summed E-state index contributed by atoms with van der Waals surface area (Å²) in [5.74, 6) is -0.336. The van der Waals surface area contributed by atoms with Gasteiger partial charge in [-0.15, -0.1) is 0 Å². The van der Waals surface area contributed by atoms with Gasteiger partial charge in [-0.1, -0.05) is 36.4 Å². The third-order valence-corrected chi connectivity index (χ3v) is 3.66. The van der Waals surface area contributed by atoms with Crippen LogP contribution in [-0.2, 0) is 7.05 Å². The highest BCUT2D eigenvalue weighted by molar-refractivity contribution is 5.94. The van der Waals surface area contributed by atoms with Gasteiger partial charge in [0.1, 0.15) is 11.4 Å². The number of hydrogen-bond acceptors (Lipinski definition) is 3. The molecule has 3 rings (SSSR count). The van der Waals surface area contributed by atoms with Crippen molar-refractivity contribution in [1.82, 2.24) is 20.2 Å². The average molecular weight is 333 g/mol. The van der Waals surface area contributed by atoms with E-state index in [0.29, 0.717) is 11.4 Å². The Morgan fingerprint density at radius 3 is 2.76 bits per heavy atom. The molecule has 2 aromatic heterocycles. The number of carbonyl (C=O) groups is 1. The van der Waals surface area contributed by atoms with Gasteiger partial charge in [0.2, 0.25) is 0 Å². The maximum absolute atomic E-state index is 12.1. The minimum Gasteiger partial charge on any atom is -0.349 e. The van der Waals surface area contributed by atoms with Crippen molar-refractivity contribution < 1.29 is 4.79 Å². The minimum absolute atomic E-state index is 0.336. The molecule has 0 radical (unpaired) electrons. The number of aromatic nitrogens is 3. The zero-order valence-electron chi connectivity index (χ0n) is 14.1. The topological polar surface area (TPSA) is 75.1 Å². The van der Waals surface area contributed by atoms with Crippen LogP contribution < -0.4 is 5.43 Å². The van der Waals surface area contributed by atoms with E-state index in [0.717, 1.165) is 16.8 Å². The van der Waals surface area contributed by atoms with Gasteiger partial charge in [0, 0.05) is 13.2 Å². The van der Waals surface area contributed by atoms with Crippen molar-refractivity contribution in [3.8, 4) is 11.4 Å². The largest absolute Gasteiger partial charge is 0.349 e. The second-order valence-electron chi connectivity index (χ2n) is 5.67. The van der Waals surface area contributed by atoms with Gasteiger partial charge in [0.15, 0.2) is 0 Å². The Labute approximate surface area is 145 Å². The van der Waals surface area contributed by atoms with Crippen molar-refractivity contribution in [2.75, 3.05) is 0 Å². The number of aryl methyl sites for hydroxylation is 1. The number of amides is 1. The zero-order chi connectivity index (χ0) is 17.6. The van der Waals surface area contributed by atoms with Crippen molar-refractivity contribution in [3.63, 3.8) is 0 Å². The summed E-state index contributed by atoms with van der Waals surface area (Å²) >= 11 is 0. The van der Waals surface area contributed by atoms with Crippen LogP contribution in [-0.4, -0.2) is 26.9 Å². The van der Waals surface area contributed by atoms with E-state index in [1.807, 2.05) is 73.3 Å². The summed E-state index contributed by atoms with van der Waals surface area (Å²) in [6.45, 7) is 1.92. The number of hydrazone groups is 1. The first-order chi connectivity index (χ1) is 12.1. The first-order valence-electron chi connectivity index (χ1n) is 7.87. The third kappa shape index (κ3) is 4.11. The fourth-order valence-electron chi connectivity index (χ4n) is 2.40. The van der Waals surface area contributed by atoms with Crippen LogP contribution in [0.2, 0.25) is 0 Å². The third-order valence-electron chi connectivity index (χ3n) is 3.66. The molecule has 6 heteroatoms. The van der Waals surface area contributed by atoms with Gasteiger partial charge < -0.3 is 4.57 Å². The highest BCUT2D eigenvalue weighted by Crippen LogP contribution is 2.17. The molecule has 0 spiro atoms. The molecule has 126 valence electrons. The molecule has 0 saturated carbocycles. The van der Waals surface area contributed by atoms with Crippen molar-refractivity contribution in [1.29, 1.82) is 0 Å². The molecule has 0 atom stereocenters. The molecule has 3 aromatic rings. The molecule has 2 N–H and O–H groups in total. The normalized spacial score (nSPS) is 11.8. The van der Waals surface area contributed by atoms with E-state index in [-0.39, 0.29) is 5.91 Å². The highest BCUT2D eigenvalue weighted by atomic mass is 16.2. The van der Waals surface area contributed by atoms with Crippen molar-refractivity contribution in [2.45, 2.75) is 6.92 Å². The Morgan fingerprint density at radius 1 is 1.24 bits per heavy atom. The lowest BCUT2D eigenvalue weighted by Crippen LogP contribution is -2.17. The predicted octanol–water partition coefficient (Wildman–Crippen LogP) is 3.23. The Balaban J connectivity index is 1.62. The molecule has 0 aliphatic carbocycles. The van der Waals surface area contributed by atoms with Gasteiger partial charge in [-0.2, -0.15) is 10.2 Å². The Morgan fingerprint density at radius 2 is 2.04 bits per heavy atom. The van der Waals surface area contributed by atoms with Gasteiger partial charge in [-0.25, -0.2) is 5.43 Å². The molecule has 0 fully saturated rings. The number of benzene rings is 1. The van der Waals surface area contributed by atoms with Gasteiger partial charge in [0.25, 0.3) is 5.91 Å². The number of aromatic amines is 1. The number of nitrogens with one attached hydrogen (secondary N) is 2. The molecule has 0 bridgehead atoms. The summed E-state index contributed by atoms with van der Waals surface area (Å²) in [6.07, 6.45) is 5.52. The predicted molar refractivity (Wildman–Crippen MR) is 99.0 cm³/mol. The minimum atomic E-state index is -0.336. The standard InChI is InChI=1S/C19H19N5O/c1-14(11-15-7-4-3-5-8-15)13-20-23-19(25)17-12-16(21-22-17)18-9-6-10-24(18)2/h3-13H,1-2H3,(H,21,22)(H,23,25)/b14-11+,20-13?. The van der Waals surface area contributed by atoms with Gasteiger partial charge in [0.05, 0.1) is 11.9 Å². The lowest BCUT2D eigenvalue weighted by atomic mass is 10.1. The van der Waals surface area contributed by atoms with Crippen LogP contribution in [0.1, 0.15) is 23.0 Å². The number of rotatable bonds is 5. The molecule has 1 amide bonds. The van der Waals surface area contributed by atoms with E-state index in [4.69, 9.17) is 0 Å². The van der Waals surface area contributed by atoms with E-state index >= 15 is 0 Å². The Hall–Kier alpha value is -3.41. The molecular weight excluding hydrogens is 314 g/mol. The molecule has 6 nitrogen and oxygen atoms in total. The van der Waals surface area contributed by atoms with E-state index in [2.05, 4.69) is 20.7 Å². The maximum atomic E-state index is 12.1. The van der Waals surface area contributed by atoms with Crippen LogP contribution in [0, 0.1) is 0 Å². The van der Waals surface area contributed by atoms with Crippen molar-refractivity contribution in [3.05, 3.63) is 71.6 Å². The zero-order valence-corrected chi connectivity index (χ0v) is 14.1. The number of H-pyrrole nitrogens is 1. The lowest BCUT2D eigenvalue weighted by Gasteiger charge is -1.97. The molecular formula is C19H19N5O. The van der Waals surface area contributed by atoms with Crippen LogP contribution in [0.4, 0.5) is 0 Å². The van der Waals surface area contributed by atoms with Gasteiger partial charge in [-0.05, 0) is 36.3 Å². The average Bonchev–Trinajstić information content (AvgIpc) is 3.24. The summed E-state index contributed by atoms with van der Waals surface area (Å²) in [6, 6.07) is 15.5. The van der Waals surface area contributed by atoms with Crippen molar-refractivity contribution in [2.24, 2.45) is 12.1 Å². The van der Waals surface area contributed by atoms with Crippen LogP contribution in [0.3, 0.4) is 0 Å². The number of nitrogens with zero attached hydrogens (tertiary/aromatic N) is 3. The second kappa shape index (κ2) is 7.44. The molecule has 1 aromatic carbocycles. The fourth-order valence-corrected chi connectivity index (χ4v) is 2.40. The van der Waals surface area contributed by atoms with E-state index in [1.165, 1.54) is 0 Å². The van der Waals surface area contributed by atoms with Crippen LogP contribution in [0.5, 0.6) is 0 Å². The summed E-state index contributed by atoms with van der Waals surface area (Å²) < 4.78 is 1.94. The molecule has 0 aliphatic heterocycles. The van der Waals surface area contributed by atoms with Crippen LogP contribution in [0.15, 0.2) is 65.4 Å². The van der Waals surface area contributed by atoms with E-state index < -0.39 is 0 Å². The van der Waals surface area contributed by atoms with E-state index in [1.54, 1.807) is 12.3 Å². The lowest BCUT2D eigenvalue weighted by molar-refractivity contribution is 0.0950. The monoisotopic (exact) mass is 333 g/mol. The van der Waals surface area contributed by atoms with Crippen LogP contribution in [0.25, 0.3) is 17.5 Å². The smallest absolute Gasteiger partial charge is 0.289 e. The summed E-state index contributed by atoms with van der Waals surface area (Å²) in [7, 11) is 1.93. The molecule has 0 unspecified atom stereocenters. The number of allylic oxidation sites excluding steroid dienone is 1. The molecule has 0 aliphatic rings. The van der Waals surface area contributed by atoms with Gasteiger partial charge >= 0.3 is 0 Å². The Kier molecular flexibility index (Phi) is 4.89.